The predicted molar refractivity (Wildman–Crippen MR) is 54.1 cm³/mol. The molecule has 1 aliphatic carbocycles. The summed E-state index contributed by atoms with van der Waals surface area (Å²) in [5.41, 5.74) is 0.0243. The molecule has 0 aliphatic heterocycles. The zero-order valence-corrected chi connectivity index (χ0v) is 8.73. The molecule has 13 heavy (non-hydrogen) atoms. The van der Waals surface area contributed by atoms with Crippen LogP contribution in [0.4, 0.5) is 0 Å². The molecule has 2 unspecified atom stereocenters. The highest BCUT2D eigenvalue weighted by atomic mass is 35.5. The van der Waals surface area contributed by atoms with Crippen LogP contribution in [0.1, 0.15) is 18.9 Å². The van der Waals surface area contributed by atoms with Crippen molar-refractivity contribution in [3.8, 4) is 0 Å². The van der Waals surface area contributed by atoms with Crippen molar-refractivity contribution in [1.29, 1.82) is 0 Å². The van der Waals surface area contributed by atoms with Crippen LogP contribution >= 0.6 is 23.2 Å². The van der Waals surface area contributed by atoms with E-state index in [0.717, 1.165) is 12.0 Å². The van der Waals surface area contributed by atoms with Gasteiger partial charge in [0.05, 0.1) is 5.60 Å². The van der Waals surface area contributed by atoms with Gasteiger partial charge in [-0.3, -0.25) is 0 Å². The van der Waals surface area contributed by atoms with Crippen LogP contribution in [0.15, 0.2) is 18.2 Å². The first-order chi connectivity index (χ1) is 6.04. The molecule has 0 amide bonds. The maximum Gasteiger partial charge on any atom is 0.0941 e. The van der Waals surface area contributed by atoms with Crippen molar-refractivity contribution in [2.75, 3.05) is 0 Å². The Morgan fingerprint density at radius 3 is 2.62 bits per heavy atom. The van der Waals surface area contributed by atoms with Crippen molar-refractivity contribution >= 4 is 23.2 Å². The Balaban J connectivity index is 2.46. The lowest BCUT2D eigenvalue weighted by Crippen LogP contribution is -2.08. The summed E-state index contributed by atoms with van der Waals surface area (Å²) < 4.78 is 0. The van der Waals surface area contributed by atoms with Gasteiger partial charge in [-0.05, 0) is 30.5 Å². The Kier molecular flexibility index (Phi) is 2.06. The second kappa shape index (κ2) is 2.88. The van der Waals surface area contributed by atoms with Crippen molar-refractivity contribution in [2.45, 2.75) is 18.9 Å². The number of aliphatic hydroxyl groups is 1. The largest absolute Gasteiger partial charge is 0.385 e. The maximum absolute atomic E-state index is 10.0. The SMILES string of the molecule is CC1CC1(O)c1cc(Cl)ccc1Cl. The van der Waals surface area contributed by atoms with Crippen molar-refractivity contribution in [3.63, 3.8) is 0 Å². The van der Waals surface area contributed by atoms with Gasteiger partial charge in [0.1, 0.15) is 0 Å². The van der Waals surface area contributed by atoms with E-state index >= 15 is 0 Å². The van der Waals surface area contributed by atoms with E-state index in [0.29, 0.717) is 10.0 Å². The van der Waals surface area contributed by atoms with E-state index in [9.17, 15) is 5.11 Å². The maximum atomic E-state index is 10.0. The summed E-state index contributed by atoms with van der Waals surface area (Å²) in [5, 5.41) is 11.2. The van der Waals surface area contributed by atoms with Crippen LogP contribution in [0.3, 0.4) is 0 Å². The Morgan fingerprint density at radius 1 is 1.46 bits per heavy atom. The summed E-state index contributed by atoms with van der Waals surface area (Å²) in [6.07, 6.45) is 0.771. The summed E-state index contributed by atoms with van der Waals surface area (Å²) in [7, 11) is 0. The minimum Gasteiger partial charge on any atom is -0.385 e. The van der Waals surface area contributed by atoms with Gasteiger partial charge < -0.3 is 5.11 Å². The van der Waals surface area contributed by atoms with Gasteiger partial charge in [-0.15, -0.1) is 0 Å². The van der Waals surface area contributed by atoms with E-state index in [2.05, 4.69) is 0 Å². The molecule has 1 aromatic carbocycles. The second-order valence-electron chi connectivity index (χ2n) is 3.65. The van der Waals surface area contributed by atoms with Crippen LogP contribution in [-0.4, -0.2) is 5.11 Å². The number of hydrogen-bond donors (Lipinski definition) is 1. The van der Waals surface area contributed by atoms with Crippen LogP contribution in [-0.2, 0) is 5.60 Å². The highest BCUT2D eigenvalue weighted by Crippen LogP contribution is 2.53. The van der Waals surface area contributed by atoms with Gasteiger partial charge in [0.2, 0.25) is 0 Å². The molecule has 2 atom stereocenters. The third-order valence-electron chi connectivity index (χ3n) is 2.67. The molecule has 1 N–H and O–H groups in total. The topological polar surface area (TPSA) is 20.2 Å². The first kappa shape index (κ1) is 9.32. The van der Waals surface area contributed by atoms with E-state index in [4.69, 9.17) is 23.2 Å². The molecule has 0 spiro atoms. The summed E-state index contributed by atoms with van der Waals surface area (Å²) >= 11 is 11.8. The highest BCUT2D eigenvalue weighted by Gasteiger charge is 2.52. The van der Waals surface area contributed by atoms with Gasteiger partial charge in [0.25, 0.3) is 0 Å². The number of hydrogen-bond acceptors (Lipinski definition) is 1. The fourth-order valence-electron chi connectivity index (χ4n) is 1.61. The minimum atomic E-state index is -0.734. The summed E-state index contributed by atoms with van der Waals surface area (Å²) in [6.45, 7) is 2.00. The molecule has 0 saturated heterocycles. The molecule has 1 nitrogen and oxygen atoms in total. The molecule has 1 fully saturated rings. The van der Waals surface area contributed by atoms with E-state index < -0.39 is 5.60 Å². The molecule has 0 heterocycles. The lowest BCUT2D eigenvalue weighted by Gasteiger charge is -2.11. The fraction of sp³-hybridized carbons (Fsp3) is 0.400. The van der Waals surface area contributed by atoms with Gasteiger partial charge >= 0.3 is 0 Å². The minimum absolute atomic E-state index is 0.281. The van der Waals surface area contributed by atoms with Gasteiger partial charge in [-0.25, -0.2) is 0 Å². The van der Waals surface area contributed by atoms with E-state index in [1.54, 1.807) is 18.2 Å². The lowest BCUT2D eigenvalue weighted by molar-refractivity contribution is 0.135. The van der Waals surface area contributed by atoms with Gasteiger partial charge in [-0.2, -0.15) is 0 Å². The Morgan fingerprint density at radius 2 is 2.08 bits per heavy atom. The monoisotopic (exact) mass is 216 g/mol. The molecular formula is C10H10Cl2O. The van der Waals surface area contributed by atoms with Crippen LogP contribution in [0, 0.1) is 5.92 Å². The predicted octanol–water partition coefficient (Wildman–Crippen LogP) is 3.22. The van der Waals surface area contributed by atoms with Crippen molar-refractivity contribution in [3.05, 3.63) is 33.8 Å². The van der Waals surface area contributed by atoms with E-state index in [-0.39, 0.29) is 5.92 Å². The number of benzene rings is 1. The molecule has 3 heteroatoms. The fourth-order valence-corrected chi connectivity index (χ4v) is 2.07. The van der Waals surface area contributed by atoms with Crippen LogP contribution in [0.5, 0.6) is 0 Å². The molecule has 0 radical (unpaired) electrons. The van der Waals surface area contributed by atoms with Crippen molar-refractivity contribution in [2.24, 2.45) is 5.92 Å². The Bertz CT molecular complexity index is 351. The third-order valence-corrected chi connectivity index (χ3v) is 3.23. The van der Waals surface area contributed by atoms with E-state index in [1.807, 2.05) is 6.92 Å². The Labute approximate surface area is 87.3 Å². The molecule has 0 bridgehead atoms. The van der Waals surface area contributed by atoms with Crippen LogP contribution in [0.2, 0.25) is 10.0 Å². The zero-order chi connectivity index (χ0) is 9.64. The first-order valence-electron chi connectivity index (χ1n) is 4.22. The third kappa shape index (κ3) is 1.45. The van der Waals surface area contributed by atoms with Crippen LogP contribution < -0.4 is 0 Å². The van der Waals surface area contributed by atoms with Gasteiger partial charge in [0, 0.05) is 15.6 Å². The summed E-state index contributed by atoms with van der Waals surface area (Å²) in [4.78, 5) is 0. The molecule has 1 saturated carbocycles. The second-order valence-corrected chi connectivity index (χ2v) is 4.50. The molecule has 1 aromatic rings. The first-order valence-corrected chi connectivity index (χ1v) is 4.97. The smallest absolute Gasteiger partial charge is 0.0941 e. The van der Waals surface area contributed by atoms with Gasteiger partial charge in [-0.1, -0.05) is 30.1 Å². The zero-order valence-electron chi connectivity index (χ0n) is 7.22. The number of halogens is 2. The summed E-state index contributed by atoms with van der Waals surface area (Å²) in [6, 6.07) is 5.19. The average molecular weight is 217 g/mol. The number of rotatable bonds is 1. The quantitative estimate of drug-likeness (QED) is 0.765. The normalized spacial score (nSPS) is 31.8. The average Bonchev–Trinajstić information content (AvgIpc) is 2.66. The Hall–Kier alpha value is -0.240. The summed E-state index contributed by atoms with van der Waals surface area (Å²) in [5.74, 6) is 0.281. The van der Waals surface area contributed by atoms with Crippen molar-refractivity contribution in [1.82, 2.24) is 0 Å². The molecule has 0 aromatic heterocycles. The molecule has 2 rings (SSSR count). The van der Waals surface area contributed by atoms with Crippen molar-refractivity contribution < 1.29 is 5.11 Å². The highest BCUT2D eigenvalue weighted by molar-refractivity contribution is 6.33. The van der Waals surface area contributed by atoms with Crippen LogP contribution in [0.25, 0.3) is 0 Å². The molecule has 1 aliphatic rings. The van der Waals surface area contributed by atoms with E-state index in [1.165, 1.54) is 0 Å². The lowest BCUT2D eigenvalue weighted by atomic mass is 10.1. The molecular weight excluding hydrogens is 207 g/mol. The van der Waals surface area contributed by atoms with Gasteiger partial charge in [0.15, 0.2) is 0 Å². The molecule has 70 valence electrons. The standard InChI is InChI=1S/C10H10Cl2O/c1-6-5-10(6,13)8-4-7(11)2-3-9(8)12/h2-4,6,13H,5H2,1H3.